The number of hydrogen-bond donors (Lipinski definition) is 0. The molecule has 0 aromatic rings. The zero-order chi connectivity index (χ0) is 11.4. The van der Waals surface area contributed by atoms with Gasteiger partial charge in [0.25, 0.3) is 10.1 Å². The summed E-state index contributed by atoms with van der Waals surface area (Å²) in [5, 5.41) is 0.292. The van der Waals surface area contributed by atoms with E-state index in [1.165, 1.54) is 0 Å². The lowest BCUT2D eigenvalue weighted by Gasteiger charge is -2.27. The van der Waals surface area contributed by atoms with E-state index >= 15 is 0 Å². The molecule has 0 saturated carbocycles. The van der Waals surface area contributed by atoms with Gasteiger partial charge in [-0.3, -0.25) is 4.18 Å². The molecule has 0 rings (SSSR count). The van der Waals surface area contributed by atoms with Crippen molar-refractivity contribution in [3.63, 3.8) is 0 Å². The fraction of sp³-hybridized carbons (Fsp3) is 1.00. The van der Waals surface area contributed by atoms with Crippen LogP contribution in [-0.4, -0.2) is 40.1 Å². The Balaban J connectivity index is 3.66. The highest BCUT2D eigenvalue weighted by Crippen LogP contribution is 2.44. The van der Waals surface area contributed by atoms with Crippen LogP contribution >= 0.6 is 7.80 Å². The lowest BCUT2D eigenvalue weighted by Crippen LogP contribution is -2.15. The van der Waals surface area contributed by atoms with Crippen molar-refractivity contribution in [1.82, 2.24) is 0 Å². The van der Waals surface area contributed by atoms with E-state index in [4.69, 9.17) is 0 Å². The summed E-state index contributed by atoms with van der Waals surface area (Å²) in [5.74, 6) is 0. The van der Waals surface area contributed by atoms with E-state index < -0.39 is 10.1 Å². The predicted molar refractivity (Wildman–Crippen MR) is 64.0 cm³/mol. The Morgan fingerprint density at radius 2 is 1.86 bits per heavy atom. The van der Waals surface area contributed by atoms with Crippen LogP contribution in [0.25, 0.3) is 0 Å². The quantitative estimate of drug-likeness (QED) is 0.317. The molecule has 0 spiro atoms. The van der Waals surface area contributed by atoms with Crippen LogP contribution in [0.1, 0.15) is 20.8 Å². The Bertz CT molecular complexity index is 258. The van der Waals surface area contributed by atoms with Crippen LogP contribution in [-0.2, 0) is 14.3 Å². The fourth-order valence-corrected chi connectivity index (χ4v) is 2.16. The summed E-state index contributed by atoms with van der Waals surface area (Å²) in [6.45, 7) is 11.2. The normalized spacial score (nSPS) is 15.2. The molecule has 14 heavy (non-hydrogen) atoms. The Hall–Kier alpha value is 0.405. The second kappa shape index (κ2) is 5.48. The van der Waals surface area contributed by atoms with Crippen molar-refractivity contribution in [1.29, 1.82) is 0 Å². The van der Waals surface area contributed by atoms with Crippen LogP contribution in [0, 0.1) is 0 Å². The minimum atomic E-state index is -3.27. The van der Waals surface area contributed by atoms with Gasteiger partial charge in [-0.25, -0.2) is 0 Å². The first-order valence-corrected chi connectivity index (χ1v) is 8.21. The minimum Gasteiger partial charge on any atom is -0.271 e. The number of hydrogen-bond acceptors (Lipinski definition) is 3. The monoisotopic (exact) mass is 237 g/mol. The largest absolute Gasteiger partial charge is 0.271 e. The second-order valence-electron chi connectivity index (χ2n) is 4.28. The average Bonchev–Trinajstić information content (AvgIpc) is 1.93. The van der Waals surface area contributed by atoms with Gasteiger partial charge in [0.15, 0.2) is 0 Å². The van der Waals surface area contributed by atoms with Crippen molar-refractivity contribution in [3.8, 4) is 0 Å². The molecule has 0 bridgehead atoms. The highest BCUT2D eigenvalue weighted by atomic mass is 32.2. The van der Waals surface area contributed by atoms with Gasteiger partial charge in [0.2, 0.25) is 0 Å². The van der Waals surface area contributed by atoms with Crippen LogP contribution < -0.4 is 0 Å². The van der Waals surface area contributed by atoms with Crippen molar-refractivity contribution < 1.29 is 12.6 Å². The van der Waals surface area contributed by atoms with E-state index in [2.05, 4.69) is 38.6 Å². The molecule has 3 nitrogen and oxygen atoms in total. The van der Waals surface area contributed by atoms with E-state index in [0.29, 0.717) is 11.5 Å². The van der Waals surface area contributed by atoms with Crippen molar-refractivity contribution >= 4 is 24.9 Å². The van der Waals surface area contributed by atoms with Crippen LogP contribution in [0.15, 0.2) is 0 Å². The summed E-state index contributed by atoms with van der Waals surface area (Å²) in [4.78, 5) is 0. The second-order valence-corrected chi connectivity index (χ2v) is 8.85. The van der Waals surface area contributed by atoms with Gasteiger partial charge >= 0.3 is 0 Å². The molecule has 0 saturated heterocycles. The molecule has 0 aromatic heterocycles. The lowest BCUT2D eigenvalue weighted by molar-refractivity contribution is 0.342. The third kappa shape index (κ3) is 7.78. The minimum absolute atomic E-state index is 0.169. The molecule has 6 heteroatoms. The van der Waals surface area contributed by atoms with Gasteiger partial charge in [-0.15, -0.1) is 7.80 Å². The summed E-state index contributed by atoms with van der Waals surface area (Å²) < 4.78 is 25.9. The van der Waals surface area contributed by atoms with Gasteiger partial charge in [-0.2, -0.15) is 8.42 Å². The molecule has 1 atom stereocenters. The highest BCUT2D eigenvalue weighted by Gasteiger charge is 2.19. The molecule has 0 aliphatic carbocycles. The van der Waals surface area contributed by atoms with Crippen molar-refractivity contribution in [2.75, 3.05) is 19.5 Å². The molecule has 1 unspecified atom stereocenters. The van der Waals surface area contributed by atoms with Crippen molar-refractivity contribution in [2.24, 2.45) is 0 Å². The molecule has 0 amide bonds. The molecule has 0 aliphatic rings. The SMILES string of the molecule is CP([B]CCOS(C)(=O)=O)C(C)(C)C. The van der Waals surface area contributed by atoms with Gasteiger partial charge in [0.05, 0.1) is 12.9 Å². The third-order valence-corrected chi connectivity index (χ3v) is 5.39. The Morgan fingerprint density at radius 1 is 1.36 bits per heavy atom. The van der Waals surface area contributed by atoms with Crippen LogP contribution in [0.3, 0.4) is 0 Å². The van der Waals surface area contributed by atoms with Gasteiger partial charge in [0, 0.05) is 0 Å². The van der Waals surface area contributed by atoms with Crippen molar-refractivity contribution in [2.45, 2.75) is 32.2 Å². The van der Waals surface area contributed by atoms with Gasteiger partial charge in [0.1, 0.15) is 7.00 Å². The van der Waals surface area contributed by atoms with E-state index in [1.807, 2.05) is 0 Å². The molecular formula is C8H19BO3PS. The fourth-order valence-electron chi connectivity index (χ4n) is 0.720. The summed E-state index contributed by atoms with van der Waals surface area (Å²) in [6, 6.07) is 0. The summed E-state index contributed by atoms with van der Waals surface area (Å²) in [5.41, 5.74) is 0. The molecule has 1 radical (unpaired) electrons. The third-order valence-electron chi connectivity index (χ3n) is 1.88. The van der Waals surface area contributed by atoms with Gasteiger partial charge in [-0.05, 0) is 5.16 Å². The first-order valence-electron chi connectivity index (χ1n) is 4.53. The molecule has 83 valence electrons. The lowest BCUT2D eigenvalue weighted by atomic mass is 10.0. The zero-order valence-electron chi connectivity index (χ0n) is 9.57. The van der Waals surface area contributed by atoms with Gasteiger partial charge < -0.3 is 0 Å². The van der Waals surface area contributed by atoms with Crippen LogP contribution in [0.2, 0.25) is 6.32 Å². The molecule has 0 fully saturated rings. The summed E-state index contributed by atoms with van der Waals surface area (Å²) >= 11 is 0. The predicted octanol–water partition coefficient (Wildman–Crippen LogP) is 1.91. The Labute approximate surface area is 89.7 Å². The molecule has 0 N–H and O–H groups in total. The summed E-state index contributed by atoms with van der Waals surface area (Å²) in [6.07, 6.45) is 1.78. The smallest absolute Gasteiger partial charge is 0.264 e. The van der Waals surface area contributed by atoms with E-state index in [9.17, 15) is 8.42 Å². The van der Waals surface area contributed by atoms with Crippen molar-refractivity contribution in [3.05, 3.63) is 0 Å². The topological polar surface area (TPSA) is 43.4 Å². The van der Waals surface area contributed by atoms with Gasteiger partial charge in [-0.1, -0.05) is 33.8 Å². The molecular weight excluding hydrogens is 218 g/mol. The summed E-state index contributed by atoms with van der Waals surface area (Å²) in [7, 11) is -3.44. The maximum absolute atomic E-state index is 10.6. The van der Waals surface area contributed by atoms with Crippen LogP contribution in [0.4, 0.5) is 0 Å². The van der Waals surface area contributed by atoms with E-state index in [-0.39, 0.29) is 14.4 Å². The molecule has 0 heterocycles. The molecule has 0 aromatic carbocycles. The maximum atomic E-state index is 10.6. The van der Waals surface area contributed by atoms with E-state index in [1.54, 1.807) is 0 Å². The Morgan fingerprint density at radius 3 is 2.21 bits per heavy atom. The first kappa shape index (κ1) is 14.4. The van der Waals surface area contributed by atoms with E-state index in [0.717, 1.165) is 6.26 Å². The zero-order valence-corrected chi connectivity index (χ0v) is 11.3. The molecule has 0 aliphatic heterocycles. The van der Waals surface area contributed by atoms with Crippen LogP contribution in [0.5, 0.6) is 0 Å². The Kier molecular flexibility index (Phi) is 5.64. The highest BCUT2D eigenvalue weighted by molar-refractivity contribution is 7.86. The maximum Gasteiger partial charge on any atom is 0.264 e. The average molecular weight is 237 g/mol. The number of rotatable bonds is 5. The standard InChI is InChI=1S/C8H19BO3PS/c1-8(2,3)13(4)9-6-7-12-14(5,10)11/h6-7H2,1-5H3. The first-order chi connectivity index (χ1) is 6.13.